The van der Waals surface area contributed by atoms with Crippen LogP contribution in [0.2, 0.25) is 0 Å². The average Bonchev–Trinajstić information content (AvgIpc) is 3.11. The van der Waals surface area contributed by atoms with E-state index in [1.807, 2.05) is 50.2 Å². The Balaban J connectivity index is 1.25. The summed E-state index contributed by atoms with van der Waals surface area (Å²) in [4.78, 5) is 0.0661. The largest absolute Gasteiger partial charge is 0.397 e. The fraction of sp³-hybridized carbons (Fsp3) is 0.111. The molecule has 0 aromatic heterocycles. The van der Waals surface area contributed by atoms with Crippen molar-refractivity contribution < 1.29 is 25.2 Å². The summed E-state index contributed by atoms with van der Waals surface area (Å²) in [7, 11) is -5.48. The Morgan fingerprint density at radius 1 is 0.500 bits per heavy atom. The molecule has 0 aliphatic rings. The maximum atomic E-state index is 12.2. The van der Waals surface area contributed by atoms with Crippen LogP contribution in [-0.2, 0) is 28.6 Å². The van der Waals surface area contributed by atoms with Crippen molar-refractivity contribution >= 4 is 75.9 Å². The first-order chi connectivity index (χ1) is 23.8. The third-order valence-electron chi connectivity index (χ3n) is 8.25. The summed E-state index contributed by atoms with van der Waals surface area (Å²) < 4.78 is 57.9. The molecule has 0 amide bonds. The van der Waals surface area contributed by atoms with Gasteiger partial charge in [-0.25, -0.2) is 0 Å². The van der Waals surface area contributed by atoms with Crippen molar-refractivity contribution in [2.24, 2.45) is 20.5 Å². The molecule has 0 heterocycles. The molecule has 4 N–H and O–H groups in total. The monoisotopic (exact) mass is 708 g/mol. The molecule has 0 atom stereocenters. The molecule has 6 aromatic carbocycles. The molecule has 12 nitrogen and oxygen atoms in total. The number of hydrogen-bond acceptors (Lipinski definition) is 12. The first-order valence-electron chi connectivity index (χ1n) is 15.1. The highest BCUT2D eigenvalue weighted by atomic mass is 32.2. The predicted molar refractivity (Wildman–Crippen MR) is 195 cm³/mol. The molecular weight excluding hydrogens is 677 g/mol. The number of anilines is 2. The summed E-state index contributed by atoms with van der Waals surface area (Å²) in [5.41, 5.74) is 19.1. The molecule has 14 heteroatoms. The van der Waals surface area contributed by atoms with Crippen LogP contribution in [0.25, 0.3) is 32.7 Å². The molecule has 6 rings (SSSR count). The molecule has 6 aromatic rings. The molecule has 0 bridgehead atoms. The number of nitrogens with zero attached hydrogens (tertiary/aromatic N) is 4. The van der Waals surface area contributed by atoms with Gasteiger partial charge in [0.2, 0.25) is 0 Å². The van der Waals surface area contributed by atoms with Gasteiger partial charge in [-0.15, -0.1) is 10.2 Å². The minimum Gasteiger partial charge on any atom is -0.397 e. The van der Waals surface area contributed by atoms with Crippen molar-refractivity contribution in [1.82, 2.24) is 0 Å². The van der Waals surface area contributed by atoms with Crippen LogP contribution in [0.1, 0.15) is 11.1 Å². The van der Waals surface area contributed by atoms with Crippen molar-refractivity contribution in [2.45, 2.75) is 23.6 Å². The number of nitrogens with two attached hydrogens (primary N) is 2. The fourth-order valence-electron chi connectivity index (χ4n) is 5.45. The number of rotatable bonds is 9. The molecule has 0 aliphatic carbocycles. The van der Waals surface area contributed by atoms with Crippen LogP contribution in [0.5, 0.6) is 0 Å². The van der Waals surface area contributed by atoms with Gasteiger partial charge in [0.1, 0.15) is 11.4 Å². The minimum atomic E-state index is -3.85. The Morgan fingerprint density at radius 2 is 0.900 bits per heavy atom. The van der Waals surface area contributed by atoms with E-state index in [4.69, 9.17) is 11.5 Å². The van der Waals surface area contributed by atoms with Gasteiger partial charge in [0.05, 0.1) is 46.8 Å². The second-order valence-corrected chi connectivity index (χ2v) is 14.8. The molecule has 0 radical (unpaired) electrons. The van der Waals surface area contributed by atoms with E-state index in [1.54, 1.807) is 36.4 Å². The zero-order chi connectivity index (χ0) is 35.8. The lowest BCUT2D eigenvalue weighted by Crippen LogP contribution is -2.02. The standard InChI is InChI=1S/C36H32N6O6S2/c1-21-17-23(7-15-33(21)39-41-35-29-11-9-27(49(43,44)47-3)19-25(29)5-13-31(35)37)24-8-16-34(22(2)18-24)40-42-36-30-12-10-28(50(45,46)48-4)20-26(30)6-14-32(36)38/h5-20H,37-38H2,1-4H3/b41-39+,42-40+. The molecule has 0 aliphatic heterocycles. The summed E-state index contributed by atoms with van der Waals surface area (Å²) in [6.45, 7) is 3.87. The van der Waals surface area contributed by atoms with E-state index in [0.29, 0.717) is 55.7 Å². The summed E-state index contributed by atoms with van der Waals surface area (Å²) >= 11 is 0. The van der Waals surface area contributed by atoms with E-state index in [1.165, 1.54) is 24.3 Å². The van der Waals surface area contributed by atoms with Gasteiger partial charge in [-0.05, 0) is 108 Å². The smallest absolute Gasteiger partial charge is 0.296 e. The predicted octanol–water partition coefficient (Wildman–Crippen LogP) is 8.94. The van der Waals surface area contributed by atoms with Crippen LogP contribution in [0.15, 0.2) is 127 Å². The number of azo groups is 2. The second kappa shape index (κ2) is 13.4. The Kier molecular flexibility index (Phi) is 9.20. The highest BCUT2D eigenvalue weighted by Gasteiger charge is 2.17. The Hall–Kier alpha value is -5.54. The van der Waals surface area contributed by atoms with Crippen molar-refractivity contribution in [3.63, 3.8) is 0 Å². The van der Waals surface area contributed by atoms with Gasteiger partial charge in [0.25, 0.3) is 20.2 Å². The van der Waals surface area contributed by atoms with E-state index in [9.17, 15) is 16.8 Å². The van der Waals surface area contributed by atoms with Gasteiger partial charge < -0.3 is 11.5 Å². The Labute approximate surface area is 289 Å². The van der Waals surface area contributed by atoms with Crippen LogP contribution in [-0.4, -0.2) is 31.1 Å². The normalized spacial score (nSPS) is 12.5. The second-order valence-electron chi connectivity index (χ2n) is 11.4. The van der Waals surface area contributed by atoms with E-state index >= 15 is 0 Å². The molecule has 0 unspecified atom stereocenters. The number of benzene rings is 6. The Morgan fingerprint density at radius 3 is 1.26 bits per heavy atom. The number of hydrogen-bond donors (Lipinski definition) is 2. The number of nitrogen functional groups attached to an aromatic ring is 2. The molecule has 0 fully saturated rings. The van der Waals surface area contributed by atoms with Crippen LogP contribution >= 0.6 is 0 Å². The van der Waals surface area contributed by atoms with Gasteiger partial charge in [-0.3, -0.25) is 8.37 Å². The van der Waals surface area contributed by atoms with E-state index in [2.05, 4.69) is 28.8 Å². The van der Waals surface area contributed by atoms with Crippen molar-refractivity contribution in [2.75, 3.05) is 25.7 Å². The third-order valence-corrected chi connectivity index (χ3v) is 10.8. The maximum Gasteiger partial charge on any atom is 0.296 e. The minimum absolute atomic E-state index is 0.0331. The number of fused-ring (bicyclic) bond motifs is 2. The first-order valence-corrected chi connectivity index (χ1v) is 17.9. The van der Waals surface area contributed by atoms with Gasteiger partial charge >= 0.3 is 0 Å². The van der Waals surface area contributed by atoms with Crippen LogP contribution < -0.4 is 11.5 Å². The molecule has 50 heavy (non-hydrogen) atoms. The van der Waals surface area contributed by atoms with Crippen molar-refractivity contribution in [1.29, 1.82) is 0 Å². The molecular formula is C36H32N6O6S2. The summed E-state index contributed by atoms with van der Waals surface area (Å²) in [6.07, 6.45) is 0. The molecule has 0 saturated heterocycles. The summed E-state index contributed by atoms with van der Waals surface area (Å²) in [6, 6.07) is 27.6. The third kappa shape index (κ3) is 6.69. The van der Waals surface area contributed by atoms with E-state index in [0.717, 1.165) is 36.5 Å². The number of aryl methyl sites for hydroxylation is 2. The lowest BCUT2D eigenvalue weighted by atomic mass is 10.0. The summed E-state index contributed by atoms with van der Waals surface area (Å²) in [5.74, 6) is 0. The quantitative estimate of drug-likeness (QED) is 0.0845. The fourth-order valence-corrected chi connectivity index (χ4v) is 6.84. The van der Waals surface area contributed by atoms with Crippen molar-refractivity contribution in [3.8, 4) is 11.1 Å². The van der Waals surface area contributed by atoms with E-state index in [-0.39, 0.29) is 9.79 Å². The van der Waals surface area contributed by atoms with Gasteiger partial charge in [-0.2, -0.15) is 27.1 Å². The average molecular weight is 709 g/mol. The van der Waals surface area contributed by atoms with Crippen molar-refractivity contribution in [3.05, 3.63) is 108 Å². The molecule has 0 saturated carbocycles. The van der Waals surface area contributed by atoms with Gasteiger partial charge in [0, 0.05) is 10.8 Å². The van der Waals surface area contributed by atoms with Crippen LogP contribution in [0.3, 0.4) is 0 Å². The maximum absolute atomic E-state index is 12.2. The molecule has 254 valence electrons. The molecule has 0 spiro atoms. The highest BCUT2D eigenvalue weighted by molar-refractivity contribution is 7.87. The topological polar surface area (TPSA) is 188 Å². The van der Waals surface area contributed by atoms with Crippen LogP contribution in [0, 0.1) is 13.8 Å². The van der Waals surface area contributed by atoms with Crippen LogP contribution in [0.4, 0.5) is 34.1 Å². The van der Waals surface area contributed by atoms with E-state index < -0.39 is 20.2 Å². The highest BCUT2D eigenvalue weighted by Crippen LogP contribution is 2.38. The SMILES string of the molecule is COS(=O)(=O)c1ccc2c(/N=N/c3ccc(-c4ccc(/N=N/c5c(N)ccc6cc(S(=O)(=O)OC)ccc56)c(C)c4)cc3C)c(N)ccc2c1. The lowest BCUT2D eigenvalue weighted by Gasteiger charge is -2.09. The van der Waals surface area contributed by atoms with Gasteiger partial charge in [-0.1, -0.05) is 36.4 Å². The lowest BCUT2D eigenvalue weighted by molar-refractivity contribution is 0.397. The van der Waals surface area contributed by atoms with Gasteiger partial charge in [0.15, 0.2) is 0 Å². The summed E-state index contributed by atoms with van der Waals surface area (Å²) in [5, 5.41) is 20.4. The zero-order valence-electron chi connectivity index (χ0n) is 27.4. The zero-order valence-corrected chi connectivity index (χ0v) is 29.1. The Bertz CT molecular complexity index is 2420. The first kappa shape index (κ1) is 34.3.